The van der Waals surface area contributed by atoms with E-state index in [0.717, 1.165) is 5.57 Å². The van der Waals surface area contributed by atoms with Crippen molar-refractivity contribution in [2.24, 2.45) is 11.8 Å². The average Bonchev–Trinajstić information content (AvgIpc) is 3.18. The second-order valence-corrected chi connectivity index (χ2v) is 7.00. The number of hydrogen-bond donors (Lipinski definition) is 1. The Balaban J connectivity index is 1.84. The number of carboxylic acid groups (broad SMARTS) is 1. The second-order valence-electron chi connectivity index (χ2n) is 7.00. The number of carbonyl (C=O) groups excluding carboxylic acids is 1. The zero-order chi connectivity index (χ0) is 17.9. The molecular formula is C19H18FNO4. The van der Waals surface area contributed by atoms with Crippen LogP contribution in [0.15, 0.2) is 48.6 Å². The molecule has 3 heterocycles. The lowest BCUT2D eigenvalue weighted by Gasteiger charge is -2.33. The van der Waals surface area contributed by atoms with Crippen LogP contribution in [0.4, 0.5) is 10.1 Å². The minimum Gasteiger partial charge on any atom is -0.481 e. The first-order valence-corrected chi connectivity index (χ1v) is 8.18. The summed E-state index contributed by atoms with van der Waals surface area (Å²) in [6.07, 6.45) is 3.46. The first-order valence-electron chi connectivity index (χ1n) is 8.18. The van der Waals surface area contributed by atoms with Crippen molar-refractivity contribution in [1.29, 1.82) is 0 Å². The number of carboxylic acids is 1. The van der Waals surface area contributed by atoms with Crippen LogP contribution in [-0.4, -0.2) is 34.7 Å². The van der Waals surface area contributed by atoms with Gasteiger partial charge in [0.1, 0.15) is 17.3 Å². The van der Waals surface area contributed by atoms with Gasteiger partial charge in [-0.25, -0.2) is 4.39 Å². The maximum absolute atomic E-state index is 13.3. The van der Waals surface area contributed by atoms with E-state index >= 15 is 0 Å². The number of benzene rings is 1. The van der Waals surface area contributed by atoms with Crippen LogP contribution >= 0.6 is 0 Å². The monoisotopic (exact) mass is 343 g/mol. The lowest BCUT2D eigenvalue weighted by Crippen LogP contribution is -2.45. The molecule has 1 aromatic carbocycles. The number of ether oxygens (including phenoxy) is 1. The molecule has 2 saturated heterocycles. The molecule has 1 aromatic rings. The molecule has 0 radical (unpaired) electrons. The maximum Gasteiger partial charge on any atom is 0.310 e. The zero-order valence-corrected chi connectivity index (χ0v) is 13.7. The Morgan fingerprint density at radius 2 is 2.08 bits per heavy atom. The zero-order valence-electron chi connectivity index (χ0n) is 13.7. The summed E-state index contributed by atoms with van der Waals surface area (Å²) in [5, 5.41) is 9.61. The molecule has 1 N–H and O–H groups in total. The average molecular weight is 343 g/mol. The van der Waals surface area contributed by atoms with Gasteiger partial charge in [-0.3, -0.25) is 9.59 Å². The lowest BCUT2D eigenvalue weighted by molar-refractivity contribution is -0.146. The van der Waals surface area contributed by atoms with Gasteiger partial charge in [0.15, 0.2) is 0 Å². The largest absolute Gasteiger partial charge is 0.481 e. The highest BCUT2D eigenvalue weighted by Gasteiger charge is 2.71. The second kappa shape index (κ2) is 5.26. The molecule has 0 unspecified atom stereocenters. The van der Waals surface area contributed by atoms with Crippen LogP contribution in [0.3, 0.4) is 0 Å². The number of hydrogen-bond acceptors (Lipinski definition) is 3. The van der Waals surface area contributed by atoms with Gasteiger partial charge in [0.05, 0.1) is 18.1 Å². The van der Waals surface area contributed by atoms with E-state index in [9.17, 15) is 19.1 Å². The fraction of sp³-hybridized carbons (Fsp3) is 0.368. The van der Waals surface area contributed by atoms with E-state index < -0.39 is 41.4 Å². The molecule has 0 aliphatic carbocycles. The van der Waals surface area contributed by atoms with E-state index in [4.69, 9.17) is 4.74 Å². The number of halogens is 1. The molecule has 2 bridgehead atoms. The smallest absolute Gasteiger partial charge is 0.310 e. The van der Waals surface area contributed by atoms with Crippen LogP contribution in [0.1, 0.15) is 13.3 Å². The highest BCUT2D eigenvalue weighted by Crippen LogP contribution is 2.56. The van der Waals surface area contributed by atoms with Gasteiger partial charge in [0.2, 0.25) is 5.91 Å². The number of anilines is 1. The first kappa shape index (κ1) is 16.0. The Morgan fingerprint density at radius 1 is 1.40 bits per heavy atom. The molecule has 0 aromatic heterocycles. The van der Waals surface area contributed by atoms with Crippen LogP contribution in [0, 0.1) is 17.7 Å². The normalized spacial score (nSPS) is 35.3. The molecule has 1 amide bonds. The molecule has 4 rings (SSSR count). The van der Waals surface area contributed by atoms with Crippen LogP contribution in [0.5, 0.6) is 0 Å². The molecule has 5 atom stereocenters. The Kier molecular flexibility index (Phi) is 3.37. The van der Waals surface area contributed by atoms with Crippen molar-refractivity contribution in [2.45, 2.75) is 31.1 Å². The van der Waals surface area contributed by atoms with Crippen molar-refractivity contribution in [3.05, 3.63) is 54.4 Å². The predicted molar refractivity (Wildman–Crippen MR) is 88.5 cm³/mol. The lowest BCUT2D eigenvalue weighted by atomic mass is 9.74. The highest BCUT2D eigenvalue weighted by atomic mass is 19.1. The number of nitrogens with zero attached hydrogens (tertiary/aromatic N) is 1. The molecule has 130 valence electrons. The van der Waals surface area contributed by atoms with E-state index in [-0.39, 0.29) is 5.91 Å². The topological polar surface area (TPSA) is 66.8 Å². The van der Waals surface area contributed by atoms with Gasteiger partial charge in [-0.15, -0.1) is 6.58 Å². The molecule has 2 fully saturated rings. The van der Waals surface area contributed by atoms with Crippen molar-refractivity contribution >= 4 is 17.6 Å². The van der Waals surface area contributed by atoms with E-state index in [1.165, 1.54) is 24.3 Å². The Labute approximate surface area is 144 Å². The fourth-order valence-electron chi connectivity index (χ4n) is 4.42. The summed E-state index contributed by atoms with van der Waals surface area (Å²) in [5.41, 5.74) is 0.420. The van der Waals surface area contributed by atoms with E-state index in [1.54, 1.807) is 11.0 Å². The minimum absolute atomic E-state index is 0.294. The highest BCUT2D eigenvalue weighted by molar-refractivity contribution is 6.03. The first-order chi connectivity index (χ1) is 11.8. The van der Waals surface area contributed by atoms with Gasteiger partial charge in [0, 0.05) is 5.69 Å². The number of fused-ring (bicyclic) bond motifs is 1. The summed E-state index contributed by atoms with van der Waals surface area (Å²) in [6.45, 7) is 5.80. The van der Waals surface area contributed by atoms with Crippen molar-refractivity contribution in [2.75, 3.05) is 4.90 Å². The van der Waals surface area contributed by atoms with Crippen molar-refractivity contribution < 1.29 is 23.8 Å². The van der Waals surface area contributed by atoms with Crippen molar-refractivity contribution in [3.63, 3.8) is 0 Å². The fourth-order valence-corrected chi connectivity index (χ4v) is 4.42. The molecule has 0 saturated carbocycles. The van der Waals surface area contributed by atoms with E-state index in [1.807, 2.05) is 13.0 Å². The van der Waals surface area contributed by atoms with Crippen LogP contribution < -0.4 is 4.90 Å². The third-order valence-corrected chi connectivity index (χ3v) is 5.35. The van der Waals surface area contributed by atoms with Gasteiger partial charge in [0.25, 0.3) is 0 Å². The Hall–Kier alpha value is -2.47. The van der Waals surface area contributed by atoms with Crippen molar-refractivity contribution in [1.82, 2.24) is 0 Å². The van der Waals surface area contributed by atoms with Crippen LogP contribution in [-0.2, 0) is 14.3 Å². The van der Waals surface area contributed by atoms with Crippen LogP contribution in [0.2, 0.25) is 0 Å². The van der Waals surface area contributed by atoms with Gasteiger partial charge in [-0.1, -0.05) is 17.7 Å². The number of aliphatic carboxylic acids is 1. The standard InChI is InChI=1S/C19H18FNO4/c1-10(2)9-14-19-8-7-13(25-19)15(18(23)24)16(19)17(22)21(14)12-5-3-11(20)4-6-12/h3-8,13-16H,1,9H2,2H3,(H,23,24)/t13-,14-,15-,16-,19-/m1/s1. The summed E-state index contributed by atoms with van der Waals surface area (Å²) >= 11 is 0. The summed E-state index contributed by atoms with van der Waals surface area (Å²) in [5.74, 6) is -3.42. The molecule has 3 aliphatic rings. The minimum atomic E-state index is -1.04. The van der Waals surface area contributed by atoms with E-state index in [2.05, 4.69) is 6.58 Å². The van der Waals surface area contributed by atoms with Gasteiger partial charge >= 0.3 is 5.97 Å². The predicted octanol–water partition coefficient (Wildman–Crippen LogP) is 2.53. The van der Waals surface area contributed by atoms with Gasteiger partial charge < -0.3 is 14.7 Å². The Bertz CT molecular complexity index is 802. The number of rotatable bonds is 4. The SMILES string of the molecule is C=C(C)C[C@H]1N(c2ccc(F)cc2)C(=O)[C@H]2[C@H](C(=O)O)[C@H]3C=C[C@]21O3. The third-order valence-electron chi connectivity index (χ3n) is 5.35. The summed E-state index contributed by atoms with van der Waals surface area (Å²) in [7, 11) is 0. The van der Waals surface area contributed by atoms with Gasteiger partial charge in [-0.05, 0) is 37.6 Å². The maximum atomic E-state index is 13.3. The molecule has 5 nitrogen and oxygen atoms in total. The number of carbonyl (C=O) groups is 2. The Morgan fingerprint density at radius 3 is 2.68 bits per heavy atom. The molecule has 25 heavy (non-hydrogen) atoms. The number of amides is 1. The molecule has 1 spiro atoms. The third kappa shape index (κ3) is 2.10. The van der Waals surface area contributed by atoms with E-state index in [0.29, 0.717) is 12.1 Å². The van der Waals surface area contributed by atoms with Crippen LogP contribution in [0.25, 0.3) is 0 Å². The van der Waals surface area contributed by atoms with Gasteiger partial charge in [-0.2, -0.15) is 0 Å². The quantitative estimate of drug-likeness (QED) is 0.853. The summed E-state index contributed by atoms with van der Waals surface area (Å²) < 4.78 is 19.3. The summed E-state index contributed by atoms with van der Waals surface area (Å²) in [4.78, 5) is 26.5. The summed E-state index contributed by atoms with van der Waals surface area (Å²) in [6, 6.07) is 5.23. The molecule has 3 aliphatic heterocycles. The molecule has 6 heteroatoms. The van der Waals surface area contributed by atoms with Crippen molar-refractivity contribution in [3.8, 4) is 0 Å². The molecular weight excluding hydrogens is 325 g/mol.